The third kappa shape index (κ3) is 6.06. The second-order valence-corrected chi connectivity index (χ2v) is 9.08. The zero-order valence-electron chi connectivity index (χ0n) is 19.5. The lowest BCUT2D eigenvalue weighted by molar-refractivity contribution is -0.113. The van der Waals surface area contributed by atoms with Crippen LogP contribution in [-0.4, -0.2) is 45.6 Å². The largest absolute Gasteiger partial charge is 0.493 e. The zero-order chi connectivity index (χ0) is 24.5. The second kappa shape index (κ2) is 12.4. The Morgan fingerprint density at radius 1 is 1.21 bits per heavy atom. The number of carbonyl (C=O) groups is 2. The van der Waals surface area contributed by atoms with Crippen LogP contribution in [0.25, 0.3) is 11.4 Å². The van der Waals surface area contributed by atoms with E-state index in [0.717, 1.165) is 16.9 Å². The van der Waals surface area contributed by atoms with Crippen molar-refractivity contribution in [2.45, 2.75) is 38.9 Å². The highest BCUT2D eigenvalue weighted by Crippen LogP contribution is 2.32. The Morgan fingerprint density at radius 3 is 2.71 bits per heavy atom. The Kier molecular flexibility index (Phi) is 9.29. The average molecular weight is 501 g/mol. The number of benzene rings is 1. The van der Waals surface area contributed by atoms with Gasteiger partial charge < -0.3 is 14.8 Å². The zero-order valence-corrected chi connectivity index (χ0v) is 21.1. The Balaban J connectivity index is 1.77. The first kappa shape index (κ1) is 25.5. The molecule has 0 saturated carbocycles. The van der Waals surface area contributed by atoms with Gasteiger partial charge >= 0.3 is 5.97 Å². The molecule has 0 atom stereocenters. The van der Waals surface area contributed by atoms with Crippen molar-refractivity contribution < 1.29 is 19.1 Å². The maximum atomic E-state index is 12.7. The Hall–Kier alpha value is -3.11. The molecule has 0 fully saturated rings. The topological polar surface area (TPSA) is 95.3 Å². The van der Waals surface area contributed by atoms with E-state index in [9.17, 15) is 9.59 Å². The lowest BCUT2D eigenvalue weighted by Gasteiger charge is -2.11. The van der Waals surface area contributed by atoms with Gasteiger partial charge in [0.2, 0.25) is 5.91 Å². The summed E-state index contributed by atoms with van der Waals surface area (Å²) in [7, 11) is 0. The highest BCUT2D eigenvalue weighted by Gasteiger charge is 2.21. The van der Waals surface area contributed by atoms with Crippen molar-refractivity contribution >= 4 is 40.0 Å². The molecule has 0 aliphatic rings. The van der Waals surface area contributed by atoms with E-state index in [0.29, 0.717) is 40.4 Å². The Labute approximate surface area is 207 Å². The van der Waals surface area contributed by atoms with Gasteiger partial charge in [0.05, 0.1) is 30.1 Å². The first-order valence-electron chi connectivity index (χ1n) is 11.0. The smallest absolute Gasteiger partial charge is 0.341 e. The first-order valence-corrected chi connectivity index (χ1v) is 12.8. The third-order valence-electron chi connectivity index (χ3n) is 4.67. The minimum atomic E-state index is -0.440. The van der Waals surface area contributed by atoms with E-state index in [1.54, 1.807) is 19.1 Å². The maximum Gasteiger partial charge on any atom is 0.341 e. The molecule has 34 heavy (non-hydrogen) atoms. The summed E-state index contributed by atoms with van der Waals surface area (Å²) in [5.74, 6) is 0.772. The summed E-state index contributed by atoms with van der Waals surface area (Å²) >= 11 is 2.64. The number of anilines is 1. The number of rotatable bonds is 12. The first-order chi connectivity index (χ1) is 16.5. The van der Waals surface area contributed by atoms with Crippen molar-refractivity contribution in [2.24, 2.45) is 0 Å². The number of aryl methyl sites for hydroxylation is 1. The van der Waals surface area contributed by atoms with E-state index >= 15 is 0 Å². The van der Waals surface area contributed by atoms with Crippen molar-refractivity contribution in [1.29, 1.82) is 0 Å². The third-order valence-corrected chi connectivity index (χ3v) is 6.83. The quantitative estimate of drug-likeness (QED) is 0.211. The van der Waals surface area contributed by atoms with Gasteiger partial charge in [0.25, 0.3) is 0 Å². The second-order valence-electron chi connectivity index (χ2n) is 7.00. The van der Waals surface area contributed by atoms with E-state index in [-0.39, 0.29) is 18.3 Å². The van der Waals surface area contributed by atoms with Gasteiger partial charge in [-0.3, -0.25) is 9.36 Å². The molecule has 1 N–H and O–H groups in total. The molecule has 0 radical (unpaired) electrons. The predicted octanol–water partition coefficient (Wildman–Crippen LogP) is 5.06. The molecular weight excluding hydrogens is 472 g/mol. The highest BCUT2D eigenvalue weighted by atomic mass is 32.2. The fraction of sp³-hybridized carbons (Fsp3) is 0.333. The van der Waals surface area contributed by atoms with Gasteiger partial charge in [-0.2, -0.15) is 0 Å². The van der Waals surface area contributed by atoms with Crippen LogP contribution in [0, 0.1) is 0 Å². The van der Waals surface area contributed by atoms with Gasteiger partial charge in [-0.05, 0) is 38.5 Å². The molecule has 0 bridgehead atoms. The van der Waals surface area contributed by atoms with Gasteiger partial charge in [-0.25, -0.2) is 4.79 Å². The van der Waals surface area contributed by atoms with Crippen LogP contribution in [0.3, 0.4) is 0 Å². The summed E-state index contributed by atoms with van der Waals surface area (Å²) in [5.41, 5.74) is 1.20. The van der Waals surface area contributed by atoms with Crippen molar-refractivity contribution in [3.63, 3.8) is 0 Å². The maximum absolute atomic E-state index is 12.7. The molecule has 0 saturated heterocycles. The molecule has 0 aliphatic carbocycles. The fourth-order valence-electron chi connectivity index (χ4n) is 3.18. The lowest BCUT2D eigenvalue weighted by atomic mass is 10.2. The summed E-state index contributed by atoms with van der Waals surface area (Å²) in [6, 6.07) is 9.40. The molecule has 8 nitrogen and oxygen atoms in total. The average Bonchev–Trinajstić information content (AvgIpc) is 3.42. The number of carbonyl (C=O) groups excluding carboxylic acids is 2. The molecule has 1 aromatic carbocycles. The van der Waals surface area contributed by atoms with Crippen LogP contribution in [0.4, 0.5) is 5.00 Å². The highest BCUT2D eigenvalue weighted by molar-refractivity contribution is 7.99. The van der Waals surface area contributed by atoms with Gasteiger partial charge in [-0.15, -0.1) is 28.1 Å². The van der Waals surface area contributed by atoms with Crippen molar-refractivity contribution in [3.05, 3.63) is 53.4 Å². The summed E-state index contributed by atoms with van der Waals surface area (Å²) < 4.78 is 12.8. The number of nitrogens with one attached hydrogen (secondary N) is 1. The Morgan fingerprint density at radius 2 is 2.00 bits per heavy atom. The number of para-hydroxylation sites is 1. The van der Waals surface area contributed by atoms with Crippen LogP contribution in [0.15, 0.2) is 48.1 Å². The number of aromatic nitrogens is 3. The van der Waals surface area contributed by atoms with Crippen LogP contribution in [0.1, 0.15) is 36.0 Å². The van der Waals surface area contributed by atoms with Crippen LogP contribution in [-0.2, 0) is 22.5 Å². The molecule has 0 aliphatic heterocycles. The van der Waals surface area contributed by atoms with Gasteiger partial charge in [0, 0.05) is 11.4 Å². The van der Waals surface area contributed by atoms with E-state index < -0.39 is 5.97 Å². The number of hydrogen-bond acceptors (Lipinski definition) is 8. The molecule has 10 heteroatoms. The summed E-state index contributed by atoms with van der Waals surface area (Å²) in [6.07, 6.45) is 2.52. The molecule has 3 aromatic rings. The number of allylic oxidation sites excluding steroid dienone is 1. The number of thioether (sulfide) groups is 1. The molecule has 2 heterocycles. The lowest BCUT2D eigenvalue weighted by Crippen LogP contribution is -2.16. The molecular formula is C24H28N4O4S2. The number of nitrogens with zero attached hydrogens (tertiary/aromatic N) is 3. The number of thiophene rings is 1. The van der Waals surface area contributed by atoms with Gasteiger partial charge in [0.15, 0.2) is 11.0 Å². The molecule has 180 valence electrons. The summed E-state index contributed by atoms with van der Waals surface area (Å²) in [6.45, 7) is 10.8. The predicted molar refractivity (Wildman–Crippen MR) is 136 cm³/mol. The van der Waals surface area contributed by atoms with Crippen LogP contribution < -0.4 is 10.1 Å². The van der Waals surface area contributed by atoms with Crippen LogP contribution >= 0.6 is 23.1 Å². The standard InChI is InChI=1S/C24H28N4O4S2/c1-5-13-28-21(17-11-9-10-12-19(17)31-7-3)26-27-24(28)33-15-20(29)25-22-18(23(30)32-8-4)14-16(6-2)34-22/h5,9-12,14H,1,6-8,13,15H2,2-4H3,(H,25,29). The minimum Gasteiger partial charge on any atom is -0.493 e. The van der Waals surface area contributed by atoms with Gasteiger partial charge in [-0.1, -0.05) is 36.9 Å². The molecule has 2 aromatic heterocycles. The Bertz CT molecular complexity index is 1160. The normalized spacial score (nSPS) is 10.7. The van der Waals surface area contributed by atoms with Gasteiger partial charge in [0.1, 0.15) is 10.8 Å². The van der Waals surface area contributed by atoms with Crippen molar-refractivity contribution in [3.8, 4) is 17.1 Å². The van der Waals surface area contributed by atoms with E-state index in [2.05, 4.69) is 22.1 Å². The summed E-state index contributed by atoms with van der Waals surface area (Å²) in [4.78, 5) is 26.0. The van der Waals surface area contributed by atoms with Crippen molar-refractivity contribution in [1.82, 2.24) is 14.8 Å². The molecule has 1 amide bonds. The van der Waals surface area contributed by atoms with Crippen LogP contribution in [0.2, 0.25) is 0 Å². The van der Waals surface area contributed by atoms with E-state index in [4.69, 9.17) is 9.47 Å². The SMILES string of the molecule is C=CCn1c(SCC(=O)Nc2sc(CC)cc2C(=O)OCC)nnc1-c1ccccc1OCC. The van der Waals surface area contributed by atoms with E-state index in [1.807, 2.05) is 42.7 Å². The van der Waals surface area contributed by atoms with Crippen LogP contribution in [0.5, 0.6) is 5.75 Å². The van der Waals surface area contributed by atoms with Crippen molar-refractivity contribution in [2.75, 3.05) is 24.3 Å². The fourth-order valence-corrected chi connectivity index (χ4v) is 4.93. The monoisotopic (exact) mass is 500 g/mol. The minimum absolute atomic E-state index is 0.101. The number of amides is 1. The number of esters is 1. The number of hydrogen-bond donors (Lipinski definition) is 1. The van der Waals surface area contributed by atoms with E-state index in [1.165, 1.54) is 23.1 Å². The molecule has 0 unspecified atom stereocenters. The number of ether oxygens (including phenoxy) is 2. The molecule has 0 spiro atoms. The molecule has 3 rings (SSSR count). The summed E-state index contributed by atoms with van der Waals surface area (Å²) in [5, 5.41) is 12.6.